The number of carbonyl (C=O) groups excluding carboxylic acids is 1. The van der Waals surface area contributed by atoms with Crippen LogP contribution < -0.4 is 0 Å². The van der Waals surface area contributed by atoms with Crippen molar-refractivity contribution in [3.63, 3.8) is 0 Å². The normalized spacial score (nSPS) is 27.5. The van der Waals surface area contributed by atoms with E-state index in [4.69, 9.17) is 9.47 Å². The molecule has 0 amide bonds. The average Bonchev–Trinajstić information content (AvgIpc) is 2.99. The van der Waals surface area contributed by atoms with Crippen LogP contribution in [0.25, 0.3) is 0 Å². The van der Waals surface area contributed by atoms with E-state index in [2.05, 4.69) is 0 Å². The minimum Gasteiger partial charge on any atom is -0.450 e. The van der Waals surface area contributed by atoms with E-state index in [0.717, 1.165) is 17.7 Å². The molecule has 2 heterocycles. The van der Waals surface area contributed by atoms with Gasteiger partial charge >= 0.3 is 5.97 Å². The van der Waals surface area contributed by atoms with E-state index in [1.807, 2.05) is 45.2 Å². The minimum atomic E-state index is -0.586. The fourth-order valence-electron chi connectivity index (χ4n) is 2.15. The molecule has 4 heteroatoms. The highest BCUT2D eigenvalue weighted by Gasteiger charge is 2.46. The quantitative estimate of drug-likeness (QED) is 0.789. The van der Waals surface area contributed by atoms with Crippen molar-refractivity contribution in [3.8, 4) is 0 Å². The largest absolute Gasteiger partial charge is 0.450 e. The van der Waals surface area contributed by atoms with Crippen LogP contribution in [0, 0.1) is 5.41 Å². The molecule has 0 bridgehead atoms. The highest BCUT2D eigenvalue weighted by atomic mass is 32.1. The molecule has 1 aromatic rings. The van der Waals surface area contributed by atoms with Crippen LogP contribution in [0.1, 0.15) is 45.4 Å². The van der Waals surface area contributed by atoms with Crippen molar-refractivity contribution in [2.24, 2.45) is 5.41 Å². The summed E-state index contributed by atoms with van der Waals surface area (Å²) >= 11 is 1.62. The van der Waals surface area contributed by atoms with E-state index in [1.165, 1.54) is 0 Å². The zero-order valence-corrected chi connectivity index (χ0v) is 12.9. The Balaban J connectivity index is 2.24. The number of thiophene rings is 1. The average molecular weight is 282 g/mol. The van der Waals surface area contributed by atoms with Crippen LogP contribution in [0.3, 0.4) is 0 Å². The summed E-state index contributed by atoms with van der Waals surface area (Å²) in [5.74, 6) is -0.138. The molecule has 1 aliphatic heterocycles. The second-order valence-corrected chi connectivity index (χ2v) is 6.87. The van der Waals surface area contributed by atoms with Gasteiger partial charge in [-0.2, -0.15) is 0 Å². The highest BCUT2D eigenvalue weighted by molar-refractivity contribution is 7.10. The molecule has 1 fully saturated rings. The van der Waals surface area contributed by atoms with Gasteiger partial charge in [0.15, 0.2) is 5.60 Å². The first-order valence-electron chi connectivity index (χ1n) is 6.79. The van der Waals surface area contributed by atoms with Gasteiger partial charge in [0.25, 0.3) is 0 Å². The predicted molar refractivity (Wildman–Crippen MR) is 76.2 cm³/mol. The van der Waals surface area contributed by atoms with Gasteiger partial charge in [0.05, 0.1) is 23.0 Å². The Hall–Kier alpha value is -0.870. The van der Waals surface area contributed by atoms with Gasteiger partial charge in [-0.05, 0) is 38.6 Å². The third kappa shape index (κ3) is 2.84. The zero-order chi connectivity index (χ0) is 14.1. The van der Waals surface area contributed by atoms with Crippen molar-refractivity contribution in [1.29, 1.82) is 0 Å². The monoisotopic (exact) mass is 282 g/mol. The predicted octanol–water partition coefficient (Wildman–Crippen LogP) is 3.73. The fourth-order valence-corrected chi connectivity index (χ4v) is 3.01. The number of ether oxygens (including phenoxy) is 2. The van der Waals surface area contributed by atoms with Gasteiger partial charge < -0.3 is 9.47 Å². The van der Waals surface area contributed by atoms with Crippen LogP contribution in [-0.4, -0.2) is 18.7 Å². The van der Waals surface area contributed by atoms with Crippen molar-refractivity contribution in [2.75, 3.05) is 6.61 Å². The Morgan fingerprint density at radius 2 is 2.37 bits per heavy atom. The second-order valence-electron chi connectivity index (χ2n) is 5.92. The minimum absolute atomic E-state index is 0.125. The Morgan fingerprint density at radius 1 is 1.63 bits per heavy atom. The number of carbonyl (C=O) groups is 1. The van der Waals surface area contributed by atoms with Crippen molar-refractivity contribution < 1.29 is 14.3 Å². The number of hydrogen-bond donors (Lipinski definition) is 0. The molecular weight excluding hydrogens is 260 g/mol. The van der Waals surface area contributed by atoms with Crippen molar-refractivity contribution in [3.05, 3.63) is 22.4 Å². The summed E-state index contributed by atoms with van der Waals surface area (Å²) in [5, 5.41) is 2.01. The summed E-state index contributed by atoms with van der Waals surface area (Å²) in [7, 11) is 0. The molecule has 0 spiro atoms. The molecule has 19 heavy (non-hydrogen) atoms. The first kappa shape index (κ1) is 14.5. The topological polar surface area (TPSA) is 35.5 Å². The van der Waals surface area contributed by atoms with Gasteiger partial charge in [-0.3, -0.25) is 4.79 Å². The SMILES string of the molecule is CCC(C)(C)C(=O)OC1(c2cccs2)COC(C)C1. The molecule has 1 aromatic heterocycles. The lowest BCUT2D eigenvalue weighted by atomic mass is 9.89. The Bertz CT molecular complexity index is 438. The molecule has 0 aromatic carbocycles. The van der Waals surface area contributed by atoms with E-state index >= 15 is 0 Å². The van der Waals surface area contributed by atoms with Gasteiger partial charge in [-0.15, -0.1) is 11.3 Å². The Kier molecular flexibility index (Phi) is 4.02. The Labute approximate surface area is 118 Å². The standard InChI is InChI=1S/C15H22O3S/c1-5-14(3,4)13(16)18-15(9-11(2)17-10-15)12-7-6-8-19-12/h6-8,11H,5,9-10H2,1-4H3. The van der Waals surface area contributed by atoms with E-state index in [-0.39, 0.29) is 12.1 Å². The third-order valence-electron chi connectivity index (χ3n) is 3.91. The number of rotatable bonds is 4. The smallest absolute Gasteiger partial charge is 0.312 e. The van der Waals surface area contributed by atoms with Gasteiger partial charge in [0.1, 0.15) is 0 Å². The van der Waals surface area contributed by atoms with Crippen LogP contribution in [0.5, 0.6) is 0 Å². The van der Waals surface area contributed by atoms with E-state index in [9.17, 15) is 4.79 Å². The summed E-state index contributed by atoms with van der Waals surface area (Å²) in [6, 6.07) is 4.02. The lowest BCUT2D eigenvalue weighted by Gasteiger charge is -2.31. The number of hydrogen-bond acceptors (Lipinski definition) is 4. The molecule has 2 unspecified atom stereocenters. The number of esters is 1. The molecule has 3 nitrogen and oxygen atoms in total. The summed E-state index contributed by atoms with van der Waals surface area (Å²) < 4.78 is 11.6. The maximum absolute atomic E-state index is 12.4. The molecule has 2 rings (SSSR count). The zero-order valence-electron chi connectivity index (χ0n) is 12.1. The first-order chi connectivity index (χ1) is 8.89. The van der Waals surface area contributed by atoms with Crippen LogP contribution in [0.4, 0.5) is 0 Å². The van der Waals surface area contributed by atoms with Gasteiger partial charge in [-0.25, -0.2) is 0 Å². The first-order valence-corrected chi connectivity index (χ1v) is 7.66. The molecule has 0 aliphatic carbocycles. The summed E-state index contributed by atoms with van der Waals surface area (Å²) in [6.45, 7) is 8.34. The molecule has 0 N–H and O–H groups in total. The summed E-state index contributed by atoms with van der Waals surface area (Å²) in [6.07, 6.45) is 1.63. The van der Waals surface area contributed by atoms with Gasteiger partial charge in [0, 0.05) is 6.42 Å². The van der Waals surface area contributed by atoms with Crippen molar-refractivity contribution >= 4 is 17.3 Å². The molecular formula is C15H22O3S. The van der Waals surface area contributed by atoms with E-state index in [1.54, 1.807) is 11.3 Å². The van der Waals surface area contributed by atoms with Crippen LogP contribution >= 0.6 is 11.3 Å². The lowest BCUT2D eigenvalue weighted by molar-refractivity contribution is -0.171. The summed E-state index contributed by atoms with van der Waals surface area (Å²) in [4.78, 5) is 13.5. The Morgan fingerprint density at radius 3 is 2.84 bits per heavy atom. The molecule has 2 atom stereocenters. The maximum Gasteiger partial charge on any atom is 0.312 e. The van der Waals surface area contributed by atoms with Crippen LogP contribution in [-0.2, 0) is 19.9 Å². The molecule has 1 saturated heterocycles. The maximum atomic E-state index is 12.4. The van der Waals surface area contributed by atoms with Crippen molar-refractivity contribution in [2.45, 2.75) is 52.2 Å². The fraction of sp³-hybridized carbons (Fsp3) is 0.667. The molecule has 1 aliphatic rings. The summed E-state index contributed by atoms with van der Waals surface area (Å²) in [5.41, 5.74) is -1.03. The third-order valence-corrected chi connectivity index (χ3v) is 4.97. The second kappa shape index (κ2) is 5.25. The molecule has 0 saturated carbocycles. The molecule has 0 radical (unpaired) electrons. The molecule has 106 valence electrons. The van der Waals surface area contributed by atoms with Crippen LogP contribution in [0.15, 0.2) is 17.5 Å². The van der Waals surface area contributed by atoms with Crippen molar-refractivity contribution in [1.82, 2.24) is 0 Å². The van der Waals surface area contributed by atoms with E-state index in [0.29, 0.717) is 6.61 Å². The van der Waals surface area contributed by atoms with E-state index < -0.39 is 11.0 Å². The highest BCUT2D eigenvalue weighted by Crippen LogP contribution is 2.41. The van der Waals surface area contributed by atoms with Gasteiger partial charge in [-0.1, -0.05) is 13.0 Å². The lowest BCUT2D eigenvalue weighted by Crippen LogP contribution is -2.38. The van der Waals surface area contributed by atoms with Gasteiger partial charge in [0.2, 0.25) is 0 Å². The van der Waals surface area contributed by atoms with Crippen LogP contribution in [0.2, 0.25) is 0 Å².